The van der Waals surface area contributed by atoms with Gasteiger partial charge in [0.25, 0.3) is 0 Å². The molecule has 0 bridgehead atoms. The van der Waals surface area contributed by atoms with E-state index in [2.05, 4.69) is 6.58 Å². The fraction of sp³-hybridized carbons (Fsp3) is 0.0833. The van der Waals surface area contributed by atoms with Crippen LogP contribution in [0.1, 0.15) is 21.5 Å². The van der Waals surface area contributed by atoms with Crippen LogP contribution in [0.15, 0.2) is 36.9 Å². The number of aryl methyl sites for hydroxylation is 1. The average Bonchev–Trinajstić information content (AvgIpc) is 2.15. The fourth-order valence-electron chi connectivity index (χ4n) is 1.25. The number of benzene rings is 1. The smallest absolute Gasteiger partial charge is 0.336 e. The summed E-state index contributed by atoms with van der Waals surface area (Å²) >= 11 is 0. The number of rotatable bonds is 3. The minimum atomic E-state index is -0.905. The Kier molecular flexibility index (Phi) is 3.24. The van der Waals surface area contributed by atoms with Crippen molar-refractivity contribution in [3.8, 4) is 0 Å². The Morgan fingerprint density at radius 3 is 2.79 bits per heavy atom. The van der Waals surface area contributed by atoms with Crippen molar-refractivity contribution in [2.75, 3.05) is 0 Å². The van der Waals surface area contributed by atoms with E-state index in [0.29, 0.717) is 5.56 Å². The SMILES string of the molecule is C=C/C=C\c1c(C)cccc1C(=O)O. The Balaban J connectivity index is 3.28. The zero-order valence-electron chi connectivity index (χ0n) is 8.03. The van der Waals surface area contributed by atoms with Gasteiger partial charge in [-0.05, 0) is 24.1 Å². The molecule has 0 aliphatic rings. The second-order valence-corrected chi connectivity index (χ2v) is 2.94. The second-order valence-electron chi connectivity index (χ2n) is 2.94. The molecular formula is C12H12O2. The summed E-state index contributed by atoms with van der Waals surface area (Å²) < 4.78 is 0. The lowest BCUT2D eigenvalue weighted by molar-refractivity contribution is 0.0696. The molecule has 0 saturated carbocycles. The van der Waals surface area contributed by atoms with Crippen LogP contribution in [-0.2, 0) is 0 Å². The third-order valence-corrected chi connectivity index (χ3v) is 1.95. The molecule has 0 spiro atoms. The molecule has 1 rings (SSSR count). The summed E-state index contributed by atoms with van der Waals surface area (Å²) in [6, 6.07) is 5.22. The Hall–Kier alpha value is -1.83. The number of carboxylic acids is 1. The van der Waals surface area contributed by atoms with Crippen LogP contribution in [0.5, 0.6) is 0 Å². The quantitative estimate of drug-likeness (QED) is 0.740. The molecule has 1 N–H and O–H groups in total. The Labute approximate surface area is 83.2 Å². The van der Waals surface area contributed by atoms with Crippen molar-refractivity contribution in [3.63, 3.8) is 0 Å². The standard InChI is InChI=1S/C12H12O2/c1-3-4-7-10-9(2)6-5-8-11(10)12(13)14/h3-8H,1H2,2H3,(H,13,14)/b7-4-. The molecule has 2 nitrogen and oxygen atoms in total. The molecule has 2 heteroatoms. The lowest BCUT2D eigenvalue weighted by Gasteiger charge is -2.04. The average molecular weight is 188 g/mol. The van der Waals surface area contributed by atoms with Crippen molar-refractivity contribution in [2.45, 2.75) is 6.92 Å². The normalized spacial score (nSPS) is 10.4. The first-order chi connectivity index (χ1) is 6.66. The van der Waals surface area contributed by atoms with Crippen molar-refractivity contribution in [1.82, 2.24) is 0 Å². The van der Waals surface area contributed by atoms with E-state index >= 15 is 0 Å². The molecule has 0 radical (unpaired) electrons. The number of hydrogen-bond acceptors (Lipinski definition) is 1. The zero-order valence-corrected chi connectivity index (χ0v) is 8.03. The topological polar surface area (TPSA) is 37.3 Å². The minimum Gasteiger partial charge on any atom is -0.478 e. The molecule has 0 unspecified atom stereocenters. The van der Waals surface area contributed by atoms with Crippen LogP contribution >= 0.6 is 0 Å². The predicted octanol–water partition coefficient (Wildman–Crippen LogP) is 2.89. The van der Waals surface area contributed by atoms with Gasteiger partial charge in [0.05, 0.1) is 5.56 Å². The number of hydrogen-bond donors (Lipinski definition) is 1. The molecule has 1 aromatic carbocycles. The highest BCUT2D eigenvalue weighted by atomic mass is 16.4. The molecule has 0 aromatic heterocycles. The van der Waals surface area contributed by atoms with Crippen LogP contribution < -0.4 is 0 Å². The van der Waals surface area contributed by atoms with Gasteiger partial charge >= 0.3 is 5.97 Å². The Morgan fingerprint density at radius 2 is 2.21 bits per heavy atom. The monoisotopic (exact) mass is 188 g/mol. The summed E-state index contributed by atoms with van der Waals surface area (Å²) in [5, 5.41) is 8.93. The van der Waals surface area contributed by atoms with Gasteiger partial charge in [-0.15, -0.1) is 0 Å². The summed E-state index contributed by atoms with van der Waals surface area (Å²) in [6.45, 7) is 5.43. The highest BCUT2D eigenvalue weighted by molar-refractivity contribution is 5.92. The van der Waals surface area contributed by atoms with Crippen molar-refractivity contribution in [1.29, 1.82) is 0 Å². The van der Waals surface area contributed by atoms with Gasteiger partial charge in [0.1, 0.15) is 0 Å². The summed E-state index contributed by atoms with van der Waals surface area (Å²) in [6.07, 6.45) is 5.11. The van der Waals surface area contributed by atoms with E-state index in [9.17, 15) is 4.79 Å². The van der Waals surface area contributed by atoms with E-state index in [0.717, 1.165) is 11.1 Å². The molecule has 0 heterocycles. The van der Waals surface area contributed by atoms with Gasteiger partial charge in [-0.2, -0.15) is 0 Å². The second kappa shape index (κ2) is 4.42. The van der Waals surface area contributed by atoms with Gasteiger partial charge in [0, 0.05) is 0 Å². The first-order valence-electron chi connectivity index (χ1n) is 4.29. The molecule has 0 fully saturated rings. The summed E-state index contributed by atoms with van der Waals surface area (Å²) in [4.78, 5) is 10.9. The number of aromatic carboxylic acids is 1. The zero-order chi connectivity index (χ0) is 10.6. The molecule has 72 valence electrons. The molecule has 0 aliphatic carbocycles. The van der Waals surface area contributed by atoms with E-state index in [1.54, 1.807) is 30.4 Å². The highest BCUT2D eigenvalue weighted by Crippen LogP contribution is 2.16. The summed E-state index contributed by atoms with van der Waals surface area (Å²) in [5.41, 5.74) is 2.01. The molecular weight excluding hydrogens is 176 g/mol. The lowest BCUT2D eigenvalue weighted by Crippen LogP contribution is -2.00. The van der Waals surface area contributed by atoms with Crippen LogP contribution in [0.3, 0.4) is 0 Å². The molecule has 0 amide bonds. The largest absolute Gasteiger partial charge is 0.478 e. The van der Waals surface area contributed by atoms with E-state index in [1.807, 2.05) is 13.0 Å². The first-order valence-corrected chi connectivity index (χ1v) is 4.29. The first kappa shape index (κ1) is 10.3. The van der Waals surface area contributed by atoms with Gasteiger partial charge in [0.15, 0.2) is 0 Å². The number of carbonyl (C=O) groups is 1. The van der Waals surface area contributed by atoms with Crippen LogP contribution in [-0.4, -0.2) is 11.1 Å². The maximum atomic E-state index is 10.9. The van der Waals surface area contributed by atoms with Crippen molar-refractivity contribution in [3.05, 3.63) is 53.6 Å². The van der Waals surface area contributed by atoms with Gasteiger partial charge in [-0.1, -0.05) is 36.9 Å². The van der Waals surface area contributed by atoms with Crippen LogP contribution in [0, 0.1) is 6.92 Å². The van der Waals surface area contributed by atoms with E-state index in [-0.39, 0.29) is 0 Å². The number of carboxylic acid groups (broad SMARTS) is 1. The van der Waals surface area contributed by atoms with Crippen LogP contribution in [0.4, 0.5) is 0 Å². The van der Waals surface area contributed by atoms with Crippen molar-refractivity contribution in [2.24, 2.45) is 0 Å². The van der Waals surface area contributed by atoms with E-state index in [1.165, 1.54) is 0 Å². The number of allylic oxidation sites excluding steroid dienone is 2. The lowest BCUT2D eigenvalue weighted by atomic mass is 10.0. The molecule has 0 aliphatic heterocycles. The predicted molar refractivity (Wildman–Crippen MR) is 57.4 cm³/mol. The van der Waals surface area contributed by atoms with Gasteiger partial charge in [-0.25, -0.2) is 4.79 Å². The molecule has 1 aromatic rings. The Bertz CT molecular complexity index is 389. The third kappa shape index (κ3) is 2.10. The van der Waals surface area contributed by atoms with E-state index in [4.69, 9.17) is 5.11 Å². The van der Waals surface area contributed by atoms with Gasteiger partial charge < -0.3 is 5.11 Å². The fourth-order valence-corrected chi connectivity index (χ4v) is 1.25. The van der Waals surface area contributed by atoms with Crippen LogP contribution in [0.25, 0.3) is 6.08 Å². The summed E-state index contributed by atoms with van der Waals surface area (Å²) in [5.74, 6) is -0.905. The van der Waals surface area contributed by atoms with Crippen LogP contribution in [0.2, 0.25) is 0 Å². The van der Waals surface area contributed by atoms with E-state index < -0.39 is 5.97 Å². The Morgan fingerprint density at radius 1 is 1.50 bits per heavy atom. The van der Waals surface area contributed by atoms with Crippen molar-refractivity contribution < 1.29 is 9.90 Å². The molecule has 0 saturated heterocycles. The van der Waals surface area contributed by atoms with Gasteiger partial charge in [-0.3, -0.25) is 0 Å². The van der Waals surface area contributed by atoms with Crippen molar-refractivity contribution >= 4 is 12.0 Å². The molecule has 14 heavy (non-hydrogen) atoms. The maximum absolute atomic E-state index is 10.9. The van der Waals surface area contributed by atoms with Gasteiger partial charge in [0.2, 0.25) is 0 Å². The third-order valence-electron chi connectivity index (χ3n) is 1.95. The maximum Gasteiger partial charge on any atom is 0.336 e. The highest BCUT2D eigenvalue weighted by Gasteiger charge is 2.08. The summed E-state index contributed by atoms with van der Waals surface area (Å²) in [7, 11) is 0. The minimum absolute atomic E-state index is 0.322. The molecule has 0 atom stereocenters.